The minimum Gasteiger partial charge on any atom is -0.462 e. The summed E-state index contributed by atoms with van der Waals surface area (Å²) in [5.74, 6) is -2.20. The van der Waals surface area contributed by atoms with Gasteiger partial charge in [0.1, 0.15) is 11.0 Å². The number of carbonyl (C=O) groups is 2. The van der Waals surface area contributed by atoms with Gasteiger partial charge in [-0.1, -0.05) is 129 Å². The molecule has 3 aromatic carbocycles. The summed E-state index contributed by atoms with van der Waals surface area (Å²) in [5, 5.41) is 0. The van der Waals surface area contributed by atoms with Crippen LogP contribution in [0.5, 0.6) is 0 Å². The summed E-state index contributed by atoms with van der Waals surface area (Å²) >= 11 is 9.54. The highest BCUT2D eigenvalue weighted by Crippen LogP contribution is 2.46. The number of nitrogens with zero attached hydrogens (tertiary/aromatic N) is 2. The first-order chi connectivity index (χ1) is 32.1. The van der Waals surface area contributed by atoms with Gasteiger partial charge in [-0.15, -0.1) is 22.7 Å². The van der Waals surface area contributed by atoms with Crippen LogP contribution in [0.2, 0.25) is 0 Å². The number of fused-ring (bicyclic) bond motifs is 1. The van der Waals surface area contributed by atoms with Crippen LogP contribution in [-0.2, 0) is 9.47 Å². The van der Waals surface area contributed by atoms with Crippen molar-refractivity contribution in [2.75, 3.05) is 13.2 Å². The number of unbranched alkanes of at least 4 members (excludes halogenated alkanes) is 8. The van der Waals surface area contributed by atoms with E-state index in [4.69, 9.17) is 19.4 Å². The van der Waals surface area contributed by atoms with Gasteiger partial charge >= 0.3 is 11.9 Å². The third-order valence-electron chi connectivity index (χ3n) is 12.2. The van der Waals surface area contributed by atoms with Crippen molar-refractivity contribution < 1.29 is 27.8 Å². The Balaban J connectivity index is 1.39. The first-order valence-electron chi connectivity index (χ1n) is 23.9. The number of hydrogen-bond acceptors (Lipinski definition) is 8. The van der Waals surface area contributed by atoms with E-state index in [0.29, 0.717) is 68.4 Å². The van der Waals surface area contributed by atoms with E-state index in [1.807, 2.05) is 0 Å². The third kappa shape index (κ3) is 13.7. The summed E-state index contributed by atoms with van der Waals surface area (Å²) in [5.41, 5.74) is 3.20. The van der Waals surface area contributed by atoms with Gasteiger partial charge in [0.15, 0.2) is 11.6 Å². The molecule has 0 radical (unpaired) electrons. The van der Waals surface area contributed by atoms with Crippen molar-refractivity contribution in [2.45, 2.75) is 130 Å². The number of halogens is 4. The lowest BCUT2D eigenvalue weighted by molar-refractivity contribution is 0.0414. The van der Waals surface area contributed by atoms with Crippen LogP contribution >= 0.6 is 54.5 Å². The van der Waals surface area contributed by atoms with E-state index < -0.39 is 23.6 Å². The highest BCUT2D eigenvalue weighted by molar-refractivity contribution is 9.11. The summed E-state index contributed by atoms with van der Waals surface area (Å²) in [4.78, 5) is 38.3. The highest BCUT2D eigenvalue weighted by atomic mass is 79.9. The van der Waals surface area contributed by atoms with Gasteiger partial charge in [0.2, 0.25) is 0 Å². The minimum atomic E-state index is -1.02. The number of benzene rings is 3. The maximum atomic E-state index is 16.6. The van der Waals surface area contributed by atoms with Crippen LogP contribution in [-0.4, -0.2) is 35.1 Å². The summed E-state index contributed by atoms with van der Waals surface area (Å²) in [6, 6.07) is 21.0. The van der Waals surface area contributed by atoms with Crippen LogP contribution in [0.3, 0.4) is 0 Å². The monoisotopic (exact) mass is 1060 g/mol. The highest BCUT2D eigenvalue weighted by Gasteiger charge is 2.28. The smallest absolute Gasteiger partial charge is 0.338 e. The number of ether oxygens (including phenoxy) is 2. The lowest BCUT2D eigenvalue weighted by atomic mass is 9.96. The Hall–Kier alpha value is -3.84. The fraction of sp³-hybridized carbons (Fsp3) is 0.444. The number of thiophene rings is 2. The van der Waals surface area contributed by atoms with Gasteiger partial charge < -0.3 is 9.47 Å². The van der Waals surface area contributed by atoms with Crippen LogP contribution in [0.15, 0.2) is 80.4 Å². The number of rotatable bonds is 26. The maximum Gasteiger partial charge on any atom is 0.338 e. The molecule has 0 aliphatic rings. The molecule has 0 bridgehead atoms. The quantitative estimate of drug-likeness (QED) is 0.0398. The fourth-order valence-corrected chi connectivity index (χ4v) is 11.2. The number of hydrogen-bond donors (Lipinski definition) is 0. The Kier molecular flexibility index (Phi) is 20.4. The van der Waals surface area contributed by atoms with Crippen molar-refractivity contribution in [3.63, 3.8) is 0 Å². The first kappa shape index (κ1) is 51.5. The summed E-state index contributed by atoms with van der Waals surface area (Å²) in [6.45, 7) is 9.52. The molecule has 2 atom stereocenters. The van der Waals surface area contributed by atoms with Crippen molar-refractivity contribution in [3.05, 3.63) is 103 Å². The van der Waals surface area contributed by atoms with E-state index >= 15 is 8.78 Å². The van der Waals surface area contributed by atoms with E-state index in [2.05, 4.69) is 59.6 Å². The normalized spacial score (nSPS) is 12.4. The molecule has 3 aromatic heterocycles. The molecule has 6 rings (SSSR count). The van der Waals surface area contributed by atoms with Gasteiger partial charge in [-0.3, -0.25) is 0 Å². The van der Waals surface area contributed by atoms with E-state index in [9.17, 15) is 9.59 Å². The summed E-state index contributed by atoms with van der Waals surface area (Å²) in [7, 11) is 0. The van der Waals surface area contributed by atoms with E-state index in [-0.39, 0.29) is 22.2 Å². The molecular weight excluding hydrogens is 1000 g/mol. The Bertz CT molecular complexity index is 2330. The zero-order valence-corrected chi connectivity index (χ0v) is 43.5. The second-order valence-electron chi connectivity index (χ2n) is 17.3. The van der Waals surface area contributed by atoms with Crippen molar-refractivity contribution in [3.8, 4) is 43.4 Å². The van der Waals surface area contributed by atoms with Crippen molar-refractivity contribution in [1.82, 2.24) is 9.97 Å². The second kappa shape index (κ2) is 26.1. The molecule has 0 aliphatic carbocycles. The second-order valence-corrected chi connectivity index (χ2v) is 22.2. The predicted octanol–water partition coefficient (Wildman–Crippen LogP) is 18.1. The van der Waals surface area contributed by atoms with Crippen LogP contribution in [0.4, 0.5) is 8.78 Å². The predicted molar refractivity (Wildman–Crippen MR) is 276 cm³/mol. The van der Waals surface area contributed by atoms with Gasteiger partial charge in [0.25, 0.3) is 0 Å². The van der Waals surface area contributed by atoms with E-state index in [1.165, 1.54) is 61.2 Å². The number of esters is 2. The number of carbonyl (C=O) groups excluding carboxylic acids is 2. The minimum absolute atomic E-state index is 0.00564. The van der Waals surface area contributed by atoms with Crippen molar-refractivity contribution >= 4 is 77.5 Å². The SMILES string of the molecule is CCCCCCC(CCCC)COC(=O)c1ccc(-c2nc3c(-c4ccc(Br)s4)c(F)c(F)c(-c4ccc(Br)s4)c3nc2-c2ccc(C(=O)OCC(CCCC)CCCCCC)cc2)cc1. The van der Waals surface area contributed by atoms with Gasteiger partial charge in [0.05, 0.1) is 54.4 Å². The largest absolute Gasteiger partial charge is 0.462 e. The van der Waals surface area contributed by atoms with Gasteiger partial charge in [0, 0.05) is 20.9 Å². The molecule has 6 aromatic rings. The average Bonchev–Trinajstić information content (AvgIpc) is 3.97. The lowest BCUT2D eigenvalue weighted by Gasteiger charge is -2.18. The van der Waals surface area contributed by atoms with Crippen LogP contribution in [0, 0.1) is 23.5 Å². The van der Waals surface area contributed by atoms with Crippen molar-refractivity contribution in [1.29, 1.82) is 0 Å². The molecule has 66 heavy (non-hydrogen) atoms. The lowest BCUT2D eigenvalue weighted by Crippen LogP contribution is -2.15. The molecule has 2 unspecified atom stereocenters. The molecule has 352 valence electrons. The molecular formula is C54H62Br2F2N2O4S2. The van der Waals surface area contributed by atoms with E-state index in [0.717, 1.165) is 71.8 Å². The van der Waals surface area contributed by atoms with Crippen molar-refractivity contribution in [2.24, 2.45) is 11.8 Å². The van der Waals surface area contributed by atoms with Crippen LogP contribution in [0.1, 0.15) is 151 Å². The molecule has 0 fully saturated rings. The van der Waals surface area contributed by atoms with Crippen LogP contribution < -0.4 is 0 Å². The molecule has 0 saturated carbocycles. The van der Waals surface area contributed by atoms with Gasteiger partial charge in [-0.25, -0.2) is 28.3 Å². The molecule has 0 aliphatic heterocycles. The molecule has 0 spiro atoms. The summed E-state index contributed by atoms with van der Waals surface area (Å²) < 4.78 is 46.5. The van der Waals surface area contributed by atoms with Gasteiger partial charge in [-0.05, 0) is 118 Å². The third-order valence-corrected chi connectivity index (χ3v) is 15.5. The molecule has 3 heterocycles. The maximum absolute atomic E-state index is 16.6. The Morgan fingerprint density at radius 3 is 1.21 bits per heavy atom. The zero-order valence-electron chi connectivity index (χ0n) is 38.7. The molecule has 0 amide bonds. The van der Waals surface area contributed by atoms with Gasteiger partial charge in [-0.2, -0.15) is 0 Å². The molecule has 0 saturated heterocycles. The Labute approximate surface area is 414 Å². The fourth-order valence-electron chi connectivity index (χ4n) is 8.37. The average molecular weight is 1070 g/mol. The first-order valence-corrected chi connectivity index (χ1v) is 27.1. The standard InChI is InChI=1S/C54H62Br2F2N2O4S2/c1-5-9-13-15-19-35(17-11-7-3)33-63-53(61)39-25-21-37(22-26-39)49-50(38-23-27-40(28-24-38)54(62)64-34-36(18-12-8-4)20-16-14-10-6-2)60-52-46(42-30-32-44(56)66-42)48(58)47(57)45(51(52)59-49)41-29-31-43(55)65-41/h21-32,35-36H,5-20,33-34H2,1-4H3. The zero-order chi connectivity index (χ0) is 47.0. The van der Waals surface area contributed by atoms with E-state index in [1.54, 1.807) is 72.8 Å². The molecule has 6 nitrogen and oxygen atoms in total. The topological polar surface area (TPSA) is 78.4 Å². The Morgan fingerprint density at radius 2 is 0.879 bits per heavy atom. The summed E-state index contributed by atoms with van der Waals surface area (Å²) in [6.07, 6.45) is 17.9. The molecule has 12 heteroatoms. The molecule has 0 N–H and O–H groups in total. The number of aromatic nitrogens is 2. The van der Waals surface area contributed by atoms with Crippen LogP contribution in [0.25, 0.3) is 54.4 Å². The Morgan fingerprint density at radius 1 is 0.515 bits per heavy atom.